The minimum atomic E-state index is 0. The third-order valence-electron chi connectivity index (χ3n) is 1.21. The van der Waals surface area contributed by atoms with Crippen LogP contribution in [0.15, 0.2) is 0 Å². The van der Waals surface area contributed by atoms with Crippen molar-refractivity contribution < 1.29 is 0 Å². The molecule has 0 rings (SSSR count). The van der Waals surface area contributed by atoms with Crippen LogP contribution in [0.2, 0.25) is 0 Å². The highest BCUT2D eigenvalue weighted by Crippen LogP contribution is 1.93. The molecule has 0 aliphatic rings. The molecule has 58 valence electrons. The van der Waals surface area contributed by atoms with E-state index in [-0.39, 0.29) is 12.4 Å². The van der Waals surface area contributed by atoms with Crippen LogP contribution in [0.4, 0.5) is 0 Å². The van der Waals surface area contributed by atoms with E-state index >= 15 is 0 Å². The fourth-order valence-corrected chi connectivity index (χ4v) is 0.678. The van der Waals surface area contributed by atoms with Gasteiger partial charge in [0.15, 0.2) is 0 Å². The first-order valence-electron chi connectivity index (χ1n) is 3.42. The molecule has 0 N–H and O–H groups in total. The lowest BCUT2D eigenvalue weighted by Gasteiger charge is -2.06. The molecule has 2 heteroatoms. The van der Waals surface area contributed by atoms with E-state index in [0.717, 1.165) is 0 Å². The van der Waals surface area contributed by atoms with Crippen LogP contribution in [-0.4, -0.2) is 25.5 Å². The van der Waals surface area contributed by atoms with Crippen molar-refractivity contribution in [3.8, 4) is 0 Å². The Kier molecular flexibility index (Phi) is 11.0. The SMILES string of the molecule is CCCCCN(C)C.Cl. The Bertz CT molecular complexity index is 46.2. The maximum atomic E-state index is 2.23. The average Bonchev–Trinajstić information content (AvgIpc) is 1.66. The molecule has 0 aliphatic heterocycles. The highest BCUT2D eigenvalue weighted by Gasteiger charge is 1.86. The average molecular weight is 152 g/mol. The van der Waals surface area contributed by atoms with Gasteiger partial charge in [-0.05, 0) is 27.1 Å². The van der Waals surface area contributed by atoms with Gasteiger partial charge in [0.25, 0.3) is 0 Å². The van der Waals surface area contributed by atoms with Crippen LogP contribution >= 0.6 is 12.4 Å². The van der Waals surface area contributed by atoms with Crippen LogP contribution in [-0.2, 0) is 0 Å². The van der Waals surface area contributed by atoms with Gasteiger partial charge in [-0.3, -0.25) is 0 Å². The van der Waals surface area contributed by atoms with Crippen molar-refractivity contribution in [2.45, 2.75) is 26.2 Å². The third kappa shape index (κ3) is 11.7. The van der Waals surface area contributed by atoms with Crippen LogP contribution in [0.25, 0.3) is 0 Å². The Morgan fingerprint density at radius 2 is 1.67 bits per heavy atom. The normalized spacial score (nSPS) is 9.33. The zero-order valence-electron chi connectivity index (χ0n) is 6.68. The van der Waals surface area contributed by atoms with Crippen LogP contribution in [0.5, 0.6) is 0 Å². The summed E-state index contributed by atoms with van der Waals surface area (Å²) in [6, 6.07) is 0. The summed E-state index contributed by atoms with van der Waals surface area (Å²) >= 11 is 0. The van der Waals surface area contributed by atoms with E-state index in [0.29, 0.717) is 0 Å². The zero-order valence-corrected chi connectivity index (χ0v) is 7.50. The minimum absolute atomic E-state index is 0. The summed E-state index contributed by atoms with van der Waals surface area (Å²) in [4.78, 5) is 2.23. The molecule has 9 heavy (non-hydrogen) atoms. The van der Waals surface area contributed by atoms with Crippen molar-refractivity contribution in [3.63, 3.8) is 0 Å². The number of hydrogen-bond donors (Lipinski definition) is 0. The topological polar surface area (TPSA) is 3.24 Å². The molecule has 0 fully saturated rings. The van der Waals surface area contributed by atoms with E-state index < -0.39 is 0 Å². The maximum Gasteiger partial charge on any atom is -0.00248 e. The number of halogens is 1. The molecule has 0 saturated carbocycles. The summed E-state index contributed by atoms with van der Waals surface area (Å²) in [5.74, 6) is 0. The molecule has 0 amide bonds. The van der Waals surface area contributed by atoms with Gasteiger partial charge in [-0.1, -0.05) is 19.8 Å². The van der Waals surface area contributed by atoms with Crippen LogP contribution in [0.3, 0.4) is 0 Å². The zero-order chi connectivity index (χ0) is 6.41. The van der Waals surface area contributed by atoms with E-state index in [1.165, 1.54) is 25.8 Å². The molecule has 0 saturated heterocycles. The monoisotopic (exact) mass is 151 g/mol. The fraction of sp³-hybridized carbons (Fsp3) is 1.00. The summed E-state index contributed by atoms with van der Waals surface area (Å²) in [7, 11) is 4.24. The second kappa shape index (κ2) is 8.25. The van der Waals surface area contributed by atoms with Gasteiger partial charge in [-0.2, -0.15) is 0 Å². The van der Waals surface area contributed by atoms with Gasteiger partial charge in [0.2, 0.25) is 0 Å². The number of unbranched alkanes of at least 4 members (excludes halogenated alkanes) is 2. The molecular formula is C7H18ClN. The second-order valence-corrected chi connectivity index (χ2v) is 2.51. The summed E-state index contributed by atoms with van der Waals surface area (Å²) in [5, 5.41) is 0. The summed E-state index contributed by atoms with van der Waals surface area (Å²) in [6.07, 6.45) is 4.05. The van der Waals surface area contributed by atoms with Gasteiger partial charge in [-0.25, -0.2) is 0 Å². The molecule has 0 spiro atoms. The maximum absolute atomic E-state index is 2.23. The first-order valence-corrected chi connectivity index (χ1v) is 3.42. The third-order valence-corrected chi connectivity index (χ3v) is 1.21. The van der Waals surface area contributed by atoms with Gasteiger partial charge in [0, 0.05) is 0 Å². The van der Waals surface area contributed by atoms with E-state index in [2.05, 4.69) is 25.9 Å². The summed E-state index contributed by atoms with van der Waals surface area (Å²) < 4.78 is 0. The number of rotatable bonds is 4. The van der Waals surface area contributed by atoms with Crippen molar-refractivity contribution in [1.29, 1.82) is 0 Å². The van der Waals surface area contributed by atoms with Crippen molar-refractivity contribution in [2.24, 2.45) is 0 Å². The molecule has 0 unspecified atom stereocenters. The Hall–Kier alpha value is 0.250. The number of nitrogens with zero attached hydrogens (tertiary/aromatic N) is 1. The van der Waals surface area contributed by atoms with E-state index in [4.69, 9.17) is 0 Å². The fourth-order valence-electron chi connectivity index (χ4n) is 0.678. The van der Waals surface area contributed by atoms with Crippen molar-refractivity contribution in [1.82, 2.24) is 4.90 Å². The molecule has 0 aliphatic carbocycles. The van der Waals surface area contributed by atoms with E-state index in [1.54, 1.807) is 0 Å². The quantitative estimate of drug-likeness (QED) is 0.557. The van der Waals surface area contributed by atoms with Crippen molar-refractivity contribution in [3.05, 3.63) is 0 Å². The summed E-state index contributed by atoms with van der Waals surface area (Å²) in [6.45, 7) is 3.48. The first-order chi connectivity index (χ1) is 3.77. The Morgan fingerprint density at radius 3 is 2.00 bits per heavy atom. The van der Waals surface area contributed by atoms with Gasteiger partial charge in [0.1, 0.15) is 0 Å². The Labute approximate surface area is 64.8 Å². The smallest absolute Gasteiger partial charge is 0.00248 e. The molecule has 0 bridgehead atoms. The predicted molar refractivity (Wildman–Crippen MR) is 45.3 cm³/mol. The number of hydrogen-bond acceptors (Lipinski definition) is 1. The van der Waals surface area contributed by atoms with Crippen molar-refractivity contribution >= 4 is 12.4 Å². The lowest BCUT2D eigenvalue weighted by Crippen LogP contribution is -2.12. The predicted octanol–water partition coefficient (Wildman–Crippen LogP) is 2.16. The lowest BCUT2D eigenvalue weighted by molar-refractivity contribution is 0.393. The Balaban J connectivity index is 0. The summed E-state index contributed by atoms with van der Waals surface area (Å²) in [5.41, 5.74) is 0. The van der Waals surface area contributed by atoms with Crippen molar-refractivity contribution in [2.75, 3.05) is 20.6 Å². The van der Waals surface area contributed by atoms with Crippen LogP contribution in [0, 0.1) is 0 Å². The van der Waals surface area contributed by atoms with E-state index in [1.807, 2.05) is 0 Å². The molecule has 1 nitrogen and oxygen atoms in total. The van der Waals surface area contributed by atoms with Crippen LogP contribution in [0.1, 0.15) is 26.2 Å². The largest absolute Gasteiger partial charge is 0.309 e. The van der Waals surface area contributed by atoms with Gasteiger partial charge in [-0.15, -0.1) is 12.4 Å². The highest BCUT2D eigenvalue weighted by atomic mass is 35.5. The molecule has 0 atom stereocenters. The molecule has 0 aromatic carbocycles. The second-order valence-electron chi connectivity index (χ2n) is 2.51. The lowest BCUT2D eigenvalue weighted by atomic mass is 10.2. The first kappa shape index (κ1) is 12.0. The standard InChI is InChI=1S/C7H17N.ClH/c1-4-5-6-7-8(2)3;/h4-7H2,1-3H3;1H. The molecule has 0 radical (unpaired) electrons. The molecule has 0 heterocycles. The van der Waals surface area contributed by atoms with Crippen LogP contribution < -0.4 is 0 Å². The van der Waals surface area contributed by atoms with Gasteiger partial charge in [0.05, 0.1) is 0 Å². The molecule has 0 aromatic heterocycles. The molecular weight excluding hydrogens is 134 g/mol. The highest BCUT2D eigenvalue weighted by molar-refractivity contribution is 5.85. The Morgan fingerprint density at radius 1 is 1.11 bits per heavy atom. The van der Waals surface area contributed by atoms with Gasteiger partial charge < -0.3 is 4.90 Å². The van der Waals surface area contributed by atoms with Gasteiger partial charge >= 0.3 is 0 Å². The minimum Gasteiger partial charge on any atom is -0.309 e. The molecule has 0 aromatic rings. The van der Waals surface area contributed by atoms with E-state index in [9.17, 15) is 0 Å².